The molecule has 0 aliphatic carbocycles. The summed E-state index contributed by atoms with van der Waals surface area (Å²) in [6, 6.07) is 15.3. The van der Waals surface area contributed by atoms with Crippen LogP contribution in [-0.4, -0.2) is 34.7 Å². The molecule has 1 heterocycles. The molecule has 0 saturated heterocycles. The van der Waals surface area contributed by atoms with Crippen molar-refractivity contribution in [3.8, 4) is 17.4 Å². The maximum atomic E-state index is 12.2. The van der Waals surface area contributed by atoms with Gasteiger partial charge in [0.2, 0.25) is 5.69 Å². The summed E-state index contributed by atoms with van der Waals surface area (Å²) < 4.78 is 18.7. The minimum Gasteiger partial charge on any atom is -0.497 e. The molecular weight excluding hydrogens is 438 g/mol. The molecule has 0 fully saturated rings. The van der Waals surface area contributed by atoms with Crippen LogP contribution >= 0.6 is 15.9 Å². The number of hydrogen-bond donors (Lipinski definition) is 0. The number of methoxy groups -OCH3 is 1. The summed E-state index contributed by atoms with van der Waals surface area (Å²) in [7, 11) is 1.65. The number of aromatic nitrogens is 3. The fourth-order valence-corrected chi connectivity index (χ4v) is 2.98. The van der Waals surface area contributed by atoms with E-state index in [9.17, 15) is 4.79 Å². The van der Waals surface area contributed by atoms with Crippen LogP contribution in [0, 0.1) is 0 Å². The Morgan fingerprint density at radius 1 is 1.07 bits per heavy atom. The molecule has 2 aromatic carbocycles. The van der Waals surface area contributed by atoms with Gasteiger partial charge in [0.1, 0.15) is 11.5 Å². The number of aryl methyl sites for hydroxylation is 2. The Hall–Kier alpha value is -2.87. The molecule has 0 atom stereocenters. The van der Waals surface area contributed by atoms with Crippen molar-refractivity contribution in [2.45, 2.75) is 26.3 Å². The van der Waals surface area contributed by atoms with E-state index in [1.807, 2.05) is 36.4 Å². The molecule has 0 radical (unpaired) electrons. The lowest BCUT2D eigenvalue weighted by atomic mass is 10.1. The van der Waals surface area contributed by atoms with Crippen LogP contribution in [0.25, 0.3) is 0 Å². The molecule has 1 aromatic heterocycles. The van der Waals surface area contributed by atoms with Crippen LogP contribution in [0.3, 0.4) is 0 Å². The summed E-state index contributed by atoms with van der Waals surface area (Å²) in [6.45, 7) is 2.54. The van der Waals surface area contributed by atoms with Crippen LogP contribution in [0.1, 0.15) is 29.4 Å². The first-order valence-corrected chi connectivity index (χ1v) is 10.1. The smallest absolute Gasteiger partial charge is 0.364 e. The zero-order chi connectivity index (χ0) is 20.6. The average Bonchev–Trinajstić information content (AvgIpc) is 3.13. The number of nitrogens with zero attached hydrogens (tertiary/aromatic N) is 3. The number of hydrogen-bond acceptors (Lipinski definition) is 6. The van der Waals surface area contributed by atoms with Gasteiger partial charge >= 0.3 is 5.97 Å². The topological polar surface area (TPSA) is 75.5 Å². The van der Waals surface area contributed by atoms with Gasteiger partial charge < -0.3 is 14.2 Å². The van der Waals surface area contributed by atoms with Crippen molar-refractivity contribution in [3.63, 3.8) is 0 Å². The quantitative estimate of drug-likeness (QED) is 0.433. The molecule has 0 saturated carbocycles. The second-order valence-corrected chi connectivity index (χ2v) is 7.11. The van der Waals surface area contributed by atoms with Crippen LogP contribution < -0.4 is 9.47 Å². The molecule has 0 amide bonds. The van der Waals surface area contributed by atoms with E-state index in [1.54, 1.807) is 30.8 Å². The van der Waals surface area contributed by atoms with Gasteiger partial charge in [0.25, 0.3) is 5.88 Å². The molecule has 8 heteroatoms. The number of halogens is 1. The van der Waals surface area contributed by atoms with Crippen molar-refractivity contribution in [2.75, 3.05) is 13.7 Å². The highest BCUT2D eigenvalue weighted by molar-refractivity contribution is 9.10. The largest absolute Gasteiger partial charge is 0.497 e. The van der Waals surface area contributed by atoms with E-state index in [2.05, 4.69) is 26.2 Å². The number of carbonyl (C=O) groups is 1. The van der Waals surface area contributed by atoms with E-state index in [-0.39, 0.29) is 18.2 Å². The number of ether oxygens (including phenoxy) is 3. The predicted molar refractivity (Wildman–Crippen MR) is 112 cm³/mol. The van der Waals surface area contributed by atoms with E-state index >= 15 is 0 Å². The molecule has 0 N–H and O–H groups in total. The molecule has 3 aromatic rings. The summed E-state index contributed by atoms with van der Waals surface area (Å²) in [5.41, 5.74) is 1.26. The van der Waals surface area contributed by atoms with Crippen molar-refractivity contribution >= 4 is 21.9 Å². The van der Waals surface area contributed by atoms with Crippen LogP contribution in [0.5, 0.6) is 17.4 Å². The van der Waals surface area contributed by atoms with E-state index in [0.717, 1.165) is 23.1 Å². The fourth-order valence-electron chi connectivity index (χ4n) is 2.72. The Balaban J connectivity index is 1.73. The van der Waals surface area contributed by atoms with Crippen LogP contribution in [0.2, 0.25) is 0 Å². The molecule has 152 valence electrons. The molecular formula is C21H22BrN3O4. The number of esters is 1. The molecule has 29 heavy (non-hydrogen) atoms. The molecule has 7 nitrogen and oxygen atoms in total. The van der Waals surface area contributed by atoms with E-state index in [1.165, 1.54) is 5.56 Å². The maximum Gasteiger partial charge on any atom is 0.364 e. The van der Waals surface area contributed by atoms with Gasteiger partial charge in [0.05, 0.1) is 13.7 Å². The second-order valence-electron chi connectivity index (χ2n) is 6.19. The summed E-state index contributed by atoms with van der Waals surface area (Å²) in [4.78, 5) is 12.2. The Morgan fingerprint density at radius 3 is 2.41 bits per heavy atom. The molecule has 0 aliphatic heterocycles. The Bertz CT molecular complexity index is 940. The third-order valence-electron chi connectivity index (χ3n) is 4.18. The monoisotopic (exact) mass is 459 g/mol. The first-order chi connectivity index (χ1) is 14.1. The fraction of sp³-hybridized carbons (Fsp3) is 0.286. The summed E-state index contributed by atoms with van der Waals surface area (Å²) >= 11 is 3.39. The van der Waals surface area contributed by atoms with Crippen molar-refractivity contribution in [1.29, 1.82) is 0 Å². The third kappa shape index (κ3) is 5.57. The van der Waals surface area contributed by atoms with Crippen molar-refractivity contribution in [3.05, 3.63) is 64.3 Å². The van der Waals surface area contributed by atoms with E-state index < -0.39 is 5.97 Å². The lowest BCUT2D eigenvalue weighted by Crippen LogP contribution is -2.09. The van der Waals surface area contributed by atoms with Gasteiger partial charge in [-0.3, -0.25) is 0 Å². The van der Waals surface area contributed by atoms with Crippen molar-refractivity contribution in [1.82, 2.24) is 15.0 Å². The predicted octanol–water partition coefficient (Wildman–Crippen LogP) is 4.65. The van der Waals surface area contributed by atoms with E-state index in [0.29, 0.717) is 12.3 Å². The Kier molecular flexibility index (Phi) is 7.24. The van der Waals surface area contributed by atoms with Crippen LogP contribution in [0.15, 0.2) is 53.0 Å². The van der Waals surface area contributed by atoms with Gasteiger partial charge in [-0.25, -0.2) is 9.48 Å². The molecule has 0 aliphatic rings. The number of carbonyl (C=O) groups excluding carboxylic acids is 1. The summed E-state index contributed by atoms with van der Waals surface area (Å²) in [5.74, 6) is 1.13. The van der Waals surface area contributed by atoms with Gasteiger partial charge in [-0.1, -0.05) is 33.3 Å². The molecule has 0 unspecified atom stereocenters. The van der Waals surface area contributed by atoms with Gasteiger partial charge in [-0.15, -0.1) is 5.10 Å². The molecule has 0 bridgehead atoms. The highest BCUT2D eigenvalue weighted by atomic mass is 79.9. The van der Waals surface area contributed by atoms with Crippen molar-refractivity contribution in [2.24, 2.45) is 0 Å². The molecule has 0 spiro atoms. The second kappa shape index (κ2) is 10.1. The SMILES string of the molecule is CCOC(=O)c1nnn(CCCc2ccc(OC)cc2)c1Oc1ccc(Br)cc1. The first kappa shape index (κ1) is 20.9. The van der Waals surface area contributed by atoms with Gasteiger partial charge in [-0.2, -0.15) is 0 Å². The van der Waals surface area contributed by atoms with Gasteiger partial charge in [0.15, 0.2) is 0 Å². The van der Waals surface area contributed by atoms with Crippen LogP contribution in [0.4, 0.5) is 0 Å². The first-order valence-electron chi connectivity index (χ1n) is 9.27. The van der Waals surface area contributed by atoms with Crippen LogP contribution in [-0.2, 0) is 17.7 Å². The van der Waals surface area contributed by atoms with Gasteiger partial charge in [-0.05, 0) is 61.7 Å². The number of benzene rings is 2. The summed E-state index contributed by atoms with van der Waals surface area (Å²) in [5, 5.41) is 8.09. The Labute approximate surface area is 177 Å². The minimum absolute atomic E-state index is 0.0687. The zero-order valence-corrected chi connectivity index (χ0v) is 17.9. The average molecular weight is 460 g/mol. The summed E-state index contributed by atoms with van der Waals surface area (Å²) in [6.07, 6.45) is 1.64. The number of rotatable bonds is 9. The standard InChI is InChI=1S/C21H22BrN3O4/c1-3-28-21(26)19-20(29-18-12-8-16(22)9-13-18)25(24-23-19)14-4-5-15-6-10-17(27-2)11-7-15/h6-13H,3-5,14H2,1-2H3. The maximum absolute atomic E-state index is 12.2. The Morgan fingerprint density at radius 2 is 1.76 bits per heavy atom. The van der Waals surface area contributed by atoms with E-state index in [4.69, 9.17) is 14.2 Å². The minimum atomic E-state index is -0.555. The molecule has 3 rings (SSSR count). The highest BCUT2D eigenvalue weighted by Gasteiger charge is 2.23. The lowest BCUT2D eigenvalue weighted by molar-refractivity contribution is 0.0516. The normalized spacial score (nSPS) is 10.6. The zero-order valence-electron chi connectivity index (χ0n) is 16.3. The lowest BCUT2D eigenvalue weighted by Gasteiger charge is -2.10. The van der Waals surface area contributed by atoms with Crippen molar-refractivity contribution < 1.29 is 19.0 Å². The third-order valence-corrected chi connectivity index (χ3v) is 4.71. The van der Waals surface area contributed by atoms with Gasteiger partial charge in [0, 0.05) is 11.0 Å². The highest BCUT2D eigenvalue weighted by Crippen LogP contribution is 2.26.